The highest BCUT2D eigenvalue weighted by Gasteiger charge is 2.37. The van der Waals surface area contributed by atoms with E-state index in [0.29, 0.717) is 12.4 Å². The number of rotatable bonds is 5. The van der Waals surface area contributed by atoms with Gasteiger partial charge in [0, 0.05) is 37.3 Å². The molecule has 0 amide bonds. The van der Waals surface area contributed by atoms with Gasteiger partial charge in [-0.1, -0.05) is 18.2 Å². The number of methoxy groups -OCH3 is 1. The van der Waals surface area contributed by atoms with Gasteiger partial charge in [0.1, 0.15) is 12.4 Å². The second-order valence-electron chi connectivity index (χ2n) is 13.6. The molecule has 0 radical (unpaired) electrons. The van der Waals surface area contributed by atoms with Crippen LogP contribution in [0.5, 0.6) is 46.0 Å². The molecule has 2 atom stereocenters. The van der Waals surface area contributed by atoms with Crippen LogP contribution in [0.1, 0.15) is 45.5 Å². The van der Waals surface area contributed by atoms with Gasteiger partial charge in [-0.05, 0) is 124 Å². The van der Waals surface area contributed by atoms with Crippen molar-refractivity contribution in [1.82, 2.24) is 14.7 Å². The fourth-order valence-electron chi connectivity index (χ4n) is 7.50. The Morgan fingerprint density at radius 3 is 2.21 bits per heavy atom. The lowest BCUT2D eigenvalue weighted by atomic mass is 9.86. The second-order valence-corrected chi connectivity index (χ2v) is 13.6. The van der Waals surface area contributed by atoms with Crippen molar-refractivity contribution in [3.05, 3.63) is 94.0 Å². The normalized spacial score (nSPS) is 19.8. The van der Waals surface area contributed by atoms with Gasteiger partial charge in [-0.2, -0.15) is 0 Å². The summed E-state index contributed by atoms with van der Waals surface area (Å²) in [4.78, 5) is 6.99. The van der Waals surface area contributed by atoms with Gasteiger partial charge in [0.25, 0.3) is 0 Å². The predicted octanol–water partition coefficient (Wildman–Crippen LogP) is 7.18. The van der Waals surface area contributed by atoms with Crippen molar-refractivity contribution in [3.8, 4) is 46.0 Å². The van der Waals surface area contributed by atoms with Crippen LogP contribution < -0.4 is 23.7 Å². The Kier molecular flexibility index (Phi) is 7.75. The summed E-state index contributed by atoms with van der Waals surface area (Å²) in [6.45, 7) is 3.32. The van der Waals surface area contributed by atoms with Gasteiger partial charge in [0.15, 0.2) is 34.5 Å². The molecule has 244 valence electrons. The molecule has 5 heterocycles. The van der Waals surface area contributed by atoms with Crippen molar-refractivity contribution in [1.29, 1.82) is 0 Å². The van der Waals surface area contributed by atoms with E-state index in [-0.39, 0.29) is 12.1 Å². The first-order valence-corrected chi connectivity index (χ1v) is 16.7. The highest BCUT2D eigenvalue weighted by Crippen LogP contribution is 2.56. The molecule has 8 nitrogen and oxygen atoms in total. The van der Waals surface area contributed by atoms with Gasteiger partial charge in [0.2, 0.25) is 5.75 Å². The van der Waals surface area contributed by atoms with Gasteiger partial charge >= 0.3 is 0 Å². The lowest BCUT2D eigenvalue weighted by Gasteiger charge is -2.39. The lowest BCUT2D eigenvalue weighted by molar-refractivity contribution is 0.218. The first-order chi connectivity index (χ1) is 22.8. The zero-order valence-electron chi connectivity index (χ0n) is 28.0. The Morgan fingerprint density at radius 1 is 0.723 bits per heavy atom. The lowest BCUT2D eigenvalue weighted by Crippen LogP contribution is -2.34. The smallest absolute Gasteiger partial charge is 0.212 e. The molecule has 47 heavy (non-hydrogen) atoms. The van der Waals surface area contributed by atoms with Crippen molar-refractivity contribution in [3.63, 3.8) is 0 Å². The van der Waals surface area contributed by atoms with E-state index in [9.17, 15) is 0 Å². The molecule has 0 saturated carbocycles. The van der Waals surface area contributed by atoms with Gasteiger partial charge in [0.05, 0.1) is 7.11 Å². The number of hydrogen-bond donors (Lipinski definition) is 0. The summed E-state index contributed by atoms with van der Waals surface area (Å²) < 4.78 is 32.4. The fourth-order valence-corrected chi connectivity index (χ4v) is 7.50. The Labute approximate surface area is 277 Å². The molecule has 0 unspecified atom stereocenters. The molecule has 7 bridgehead atoms. The van der Waals surface area contributed by atoms with Gasteiger partial charge < -0.3 is 28.6 Å². The first kappa shape index (κ1) is 30.1. The minimum Gasteiger partial charge on any atom is -0.493 e. The van der Waals surface area contributed by atoms with Crippen LogP contribution in [0.25, 0.3) is 0 Å². The Balaban J connectivity index is 1.27. The monoisotopic (exact) mass is 633 g/mol. The molecule has 5 aliphatic heterocycles. The molecule has 4 aromatic rings. The number of nitrogens with zero attached hydrogens (tertiary/aromatic N) is 3. The summed E-state index contributed by atoms with van der Waals surface area (Å²) >= 11 is 0. The summed E-state index contributed by atoms with van der Waals surface area (Å²) in [6, 6.07) is 21.7. The zero-order valence-corrected chi connectivity index (χ0v) is 28.0. The molecule has 0 aliphatic carbocycles. The van der Waals surface area contributed by atoms with Crippen molar-refractivity contribution in [2.45, 2.75) is 37.8 Å². The third kappa shape index (κ3) is 5.58. The van der Waals surface area contributed by atoms with E-state index in [1.807, 2.05) is 0 Å². The Morgan fingerprint density at radius 2 is 1.43 bits per heavy atom. The standard InChI is InChI=1S/C39H43N3O5/c1-40(2)16-17-44-32-11-8-25-19-30-29-23-35-34(21-26(29)12-14-41(30)3)46-38-36(43-5)22-27-13-15-42(4)31(37(27)39(38)47-35)18-24-6-9-28(10-7-24)45-33(32)20-25/h6-11,20-23,30-31H,12-19H2,1-5H3/t30-,31-/m0/s1. The van der Waals surface area contributed by atoms with Gasteiger partial charge in [-0.25, -0.2) is 0 Å². The number of ether oxygens (including phenoxy) is 5. The maximum Gasteiger partial charge on any atom is 0.212 e. The third-order valence-electron chi connectivity index (χ3n) is 10.2. The molecule has 5 aliphatic rings. The largest absolute Gasteiger partial charge is 0.493 e. The van der Waals surface area contributed by atoms with Crippen LogP contribution in [0.15, 0.2) is 60.7 Å². The maximum atomic E-state index is 6.94. The molecule has 0 aromatic heterocycles. The van der Waals surface area contributed by atoms with E-state index in [1.165, 1.54) is 33.4 Å². The number of likely N-dealkylation sites (N-methyl/N-ethyl adjacent to an activating group) is 3. The van der Waals surface area contributed by atoms with Crippen molar-refractivity contribution in [2.75, 3.05) is 61.5 Å². The van der Waals surface area contributed by atoms with E-state index in [2.05, 4.69) is 104 Å². The van der Waals surface area contributed by atoms with Gasteiger partial charge in [-0.15, -0.1) is 0 Å². The summed E-state index contributed by atoms with van der Waals surface area (Å²) in [5.74, 6) is 5.96. The predicted molar refractivity (Wildman–Crippen MR) is 182 cm³/mol. The van der Waals surface area contributed by atoms with Crippen LogP contribution >= 0.6 is 0 Å². The average Bonchev–Trinajstić information content (AvgIpc) is 3.06. The second kappa shape index (κ2) is 12.1. The van der Waals surface area contributed by atoms with Crippen LogP contribution in [0, 0.1) is 0 Å². The van der Waals surface area contributed by atoms with E-state index >= 15 is 0 Å². The number of fused-ring (bicyclic) bond motifs is 2. The molecule has 4 aromatic carbocycles. The highest BCUT2D eigenvalue weighted by atomic mass is 16.6. The maximum absolute atomic E-state index is 6.94. The molecule has 0 saturated heterocycles. The minimum atomic E-state index is 0.110. The summed E-state index contributed by atoms with van der Waals surface area (Å²) in [7, 11) is 10.2. The molecular formula is C39H43N3O5. The quantitative estimate of drug-likeness (QED) is 0.202. The molecule has 0 fully saturated rings. The van der Waals surface area contributed by atoms with Crippen LogP contribution in [-0.2, 0) is 25.7 Å². The van der Waals surface area contributed by atoms with E-state index in [0.717, 1.165) is 85.6 Å². The molecule has 8 heteroatoms. The highest BCUT2D eigenvalue weighted by molar-refractivity contribution is 5.67. The van der Waals surface area contributed by atoms with Crippen LogP contribution in [0.2, 0.25) is 0 Å². The van der Waals surface area contributed by atoms with Crippen molar-refractivity contribution >= 4 is 0 Å². The Hall–Kier alpha value is -4.24. The summed E-state index contributed by atoms with van der Waals surface area (Å²) in [5.41, 5.74) is 7.42. The molecule has 0 N–H and O–H groups in total. The average molecular weight is 634 g/mol. The zero-order chi connectivity index (χ0) is 32.2. The van der Waals surface area contributed by atoms with E-state index in [4.69, 9.17) is 23.7 Å². The van der Waals surface area contributed by atoms with Crippen LogP contribution in [0.4, 0.5) is 0 Å². The summed E-state index contributed by atoms with van der Waals surface area (Å²) in [6.07, 6.45) is 3.51. The third-order valence-corrected chi connectivity index (χ3v) is 10.2. The number of hydrogen-bond acceptors (Lipinski definition) is 8. The topological polar surface area (TPSA) is 55.9 Å². The van der Waals surface area contributed by atoms with Gasteiger partial charge in [-0.3, -0.25) is 9.80 Å². The first-order valence-electron chi connectivity index (χ1n) is 16.7. The van der Waals surface area contributed by atoms with Crippen molar-refractivity contribution in [2.24, 2.45) is 0 Å². The van der Waals surface area contributed by atoms with E-state index in [1.54, 1.807) is 7.11 Å². The van der Waals surface area contributed by atoms with E-state index < -0.39 is 0 Å². The SMILES string of the molecule is COc1cc2c3c4c1Oc1cc5c(cc1O4)[C@H](Cc1ccc(OCCN(C)C)c(c1)Oc1ccc(cc1)C[C@@H]3N(C)CC2)N(C)CC5. The molecule has 0 spiro atoms. The Bertz CT molecular complexity index is 1820. The van der Waals surface area contributed by atoms with Crippen molar-refractivity contribution < 1.29 is 23.7 Å². The molecular weight excluding hydrogens is 590 g/mol. The molecule has 9 rings (SSSR count). The minimum absolute atomic E-state index is 0.110. The summed E-state index contributed by atoms with van der Waals surface area (Å²) in [5, 5.41) is 0. The van der Waals surface area contributed by atoms with Crippen LogP contribution in [0.3, 0.4) is 0 Å². The van der Waals surface area contributed by atoms with Crippen LogP contribution in [-0.4, -0.2) is 76.2 Å². The fraction of sp³-hybridized carbons (Fsp3) is 0.385. The number of benzene rings is 4.